The minimum atomic E-state index is -4.61. The minimum Gasteiger partial charge on any atom is -0.356 e. The average Bonchev–Trinajstić information content (AvgIpc) is 3.44. The van der Waals surface area contributed by atoms with E-state index < -0.39 is 11.7 Å². The van der Waals surface area contributed by atoms with Gasteiger partial charge >= 0.3 is 6.18 Å². The van der Waals surface area contributed by atoms with Crippen LogP contribution in [0.3, 0.4) is 0 Å². The highest BCUT2D eigenvalue weighted by Crippen LogP contribution is 2.39. The van der Waals surface area contributed by atoms with E-state index >= 15 is 0 Å². The lowest BCUT2D eigenvalue weighted by Crippen LogP contribution is -2.50. The van der Waals surface area contributed by atoms with Gasteiger partial charge in [-0.3, -0.25) is 4.79 Å². The highest BCUT2D eigenvalue weighted by molar-refractivity contribution is 5.97. The van der Waals surface area contributed by atoms with Crippen LogP contribution in [0.5, 0.6) is 0 Å². The van der Waals surface area contributed by atoms with E-state index in [-0.39, 0.29) is 35.2 Å². The molecule has 4 heterocycles. The molecule has 3 N–H and O–H groups in total. The summed E-state index contributed by atoms with van der Waals surface area (Å²) in [6, 6.07) is 0.243. The van der Waals surface area contributed by atoms with E-state index in [0.29, 0.717) is 42.8 Å². The lowest BCUT2D eigenvalue weighted by Gasteiger charge is -2.36. The van der Waals surface area contributed by atoms with Crippen LogP contribution in [0.15, 0.2) is 12.4 Å². The van der Waals surface area contributed by atoms with E-state index in [1.165, 1.54) is 6.20 Å². The van der Waals surface area contributed by atoms with E-state index in [1.807, 2.05) is 4.90 Å². The van der Waals surface area contributed by atoms with Crippen molar-refractivity contribution < 1.29 is 18.0 Å². The second kappa shape index (κ2) is 9.11. The fourth-order valence-corrected chi connectivity index (χ4v) is 5.65. The first-order chi connectivity index (χ1) is 16.6. The van der Waals surface area contributed by atoms with Crippen molar-refractivity contribution in [2.45, 2.75) is 89.0 Å². The van der Waals surface area contributed by atoms with E-state index in [2.05, 4.69) is 39.4 Å². The number of nitrogens with one attached hydrogen (secondary N) is 3. The number of aromatic nitrogens is 3. The summed E-state index contributed by atoms with van der Waals surface area (Å²) in [5.74, 6) is 0.0505. The standard InChI is InChI=1S/C25H33F3N6O/c1-24(2)10-9-15(12-31-24)32-23-30-14-19(25(26,27)28)20(33-23)18-13-29-21-17(18)8-5-11-34(22(21)35)16-6-3-4-7-16/h13-16,29,31H,3-12H2,1-2H3,(H,30,32,33). The number of hydrogen-bond donors (Lipinski definition) is 3. The predicted molar refractivity (Wildman–Crippen MR) is 127 cm³/mol. The van der Waals surface area contributed by atoms with Gasteiger partial charge in [0, 0.05) is 48.7 Å². The number of alkyl halides is 3. The summed E-state index contributed by atoms with van der Waals surface area (Å²) in [6.07, 6.45) is 4.97. The van der Waals surface area contributed by atoms with Gasteiger partial charge in [0.2, 0.25) is 5.95 Å². The molecule has 35 heavy (non-hydrogen) atoms. The van der Waals surface area contributed by atoms with E-state index in [9.17, 15) is 18.0 Å². The molecule has 0 radical (unpaired) electrons. The van der Waals surface area contributed by atoms with Crippen molar-refractivity contribution in [2.24, 2.45) is 0 Å². The summed E-state index contributed by atoms with van der Waals surface area (Å²) in [5.41, 5.74) is 0.306. The van der Waals surface area contributed by atoms with Gasteiger partial charge in [0.15, 0.2) is 0 Å². The number of nitrogens with zero attached hydrogens (tertiary/aromatic N) is 3. The largest absolute Gasteiger partial charge is 0.419 e. The lowest BCUT2D eigenvalue weighted by molar-refractivity contribution is -0.137. The molecule has 5 rings (SSSR count). The molecule has 7 nitrogen and oxygen atoms in total. The highest BCUT2D eigenvalue weighted by Gasteiger charge is 2.38. The van der Waals surface area contributed by atoms with Crippen LogP contribution in [0.25, 0.3) is 11.3 Å². The van der Waals surface area contributed by atoms with Crippen LogP contribution >= 0.6 is 0 Å². The van der Waals surface area contributed by atoms with Crippen molar-refractivity contribution in [1.82, 2.24) is 25.2 Å². The van der Waals surface area contributed by atoms with Crippen molar-refractivity contribution in [2.75, 3.05) is 18.4 Å². The molecule has 2 aliphatic heterocycles. The Morgan fingerprint density at radius 1 is 1.17 bits per heavy atom. The Hall–Kier alpha value is -2.62. The van der Waals surface area contributed by atoms with Gasteiger partial charge in [0.05, 0.1) is 5.69 Å². The Kier molecular flexibility index (Phi) is 6.27. The van der Waals surface area contributed by atoms with Gasteiger partial charge in [-0.1, -0.05) is 12.8 Å². The van der Waals surface area contributed by atoms with Gasteiger partial charge in [0.1, 0.15) is 11.3 Å². The zero-order valence-corrected chi connectivity index (χ0v) is 20.3. The van der Waals surface area contributed by atoms with Crippen molar-refractivity contribution in [1.29, 1.82) is 0 Å². The molecule has 1 saturated carbocycles. The second-order valence-electron chi connectivity index (χ2n) is 10.7. The third-order valence-corrected chi connectivity index (χ3v) is 7.68. The number of rotatable bonds is 4. The fourth-order valence-electron chi connectivity index (χ4n) is 5.65. The highest BCUT2D eigenvalue weighted by atomic mass is 19.4. The first kappa shape index (κ1) is 24.1. The summed E-state index contributed by atoms with van der Waals surface area (Å²) < 4.78 is 41.9. The topological polar surface area (TPSA) is 85.9 Å². The minimum absolute atomic E-state index is 0.0255. The number of H-pyrrole nitrogens is 1. The number of aromatic amines is 1. The lowest BCUT2D eigenvalue weighted by atomic mass is 9.91. The number of amides is 1. The molecule has 3 aliphatic rings. The number of carbonyl (C=O) groups is 1. The summed E-state index contributed by atoms with van der Waals surface area (Å²) in [6.45, 7) is 5.56. The molecule has 10 heteroatoms. The number of halogens is 3. The molecule has 0 bridgehead atoms. The Morgan fingerprint density at radius 3 is 2.63 bits per heavy atom. The van der Waals surface area contributed by atoms with Crippen LogP contribution in [0.4, 0.5) is 19.1 Å². The van der Waals surface area contributed by atoms with Crippen LogP contribution in [0.2, 0.25) is 0 Å². The molecular formula is C25H33F3N6O. The normalized spacial score (nSPS) is 23.3. The molecule has 1 saturated heterocycles. The predicted octanol–water partition coefficient (Wildman–Crippen LogP) is 4.76. The first-order valence-corrected chi connectivity index (χ1v) is 12.6. The van der Waals surface area contributed by atoms with Gasteiger partial charge < -0.3 is 20.5 Å². The fraction of sp³-hybridized carbons (Fsp3) is 0.640. The monoisotopic (exact) mass is 490 g/mol. The number of carbonyl (C=O) groups excluding carboxylic acids is 1. The smallest absolute Gasteiger partial charge is 0.356 e. The van der Waals surface area contributed by atoms with Crippen molar-refractivity contribution >= 4 is 11.9 Å². The van der Waals surface area contributed by atoms with Crippen LogP contribution in [0.1, 0.15) is 80.4 Å². The van der Waals surface area contributed by atoms with Crippen LogP contribution in [0, 0.1) is 0 Å². The Morgan fingerprint density at radius 2 is 1.94 bits per heavy atom. The summed E-state index contributed by atoms with van der Waals surface area (Å²) in [5, 5.41) is 6.65. The molecule has 0 spiro atoms. The third kappa shape index (κ3) is 4.90. The van der Waals surface area contributed by atoms with Crippen molar-refractivity contribution in [3.8, 4) is 11.3 Å². The Bertz CT molecular complexity index is 1080. The van der Waals surface area contributed by atoms with Crippen LogP contribution in [-0.4, -0.2) is 56.5 Å². The van der Waals surface area contributed by atoms with Gasteiger partial charge in [-0.2, -0.15) is 13.2 Å². The van der Waals surface area contributed by atoms with Crippen molar-refractivity contribution in [3.63, 3.8) is 0 Å². The zero-order valence-electron chi connectivity index (χ0n) is 20.3. The van der Waals surface area contributed by atoms with Gasteiger partial charge in [-0.05, 0) is 57.9 Å². The van der Waals surface area contributed by atoms with E-state index in [4.69, 9.17) is 0 Å². The number of fused-ring (bicyclic) bond motifs is 1. The zero-order chi connectivity index (χ0) is 24.8. The maximum absolute atomic E-state index is 14.0. The molecule has 1 amide bonds. The molecule has 2 fully saturated rings. The molecule has 1 aliphatic carbocycles. The number of hydrogen-bond acceptors (Lipinski definition) is 5. The van der Waals surface area contributed by atoms with Crippen molar-refractivity contribution in [3.05, 3.63) is 29.2 Å². The molecule has 1 unspecified atom stereocenters. The van der Waals surface area contributed by atoms with E-state index in [1.54, 1.807) is 0 Å². The van der Waals surface area contributed by atoms with Gasteiger partial charge in [-0.15, -0.1) is 0 Å². The molecule has 1 atom stereocenters. The van der Waals surface area contributed by atoms with Gasteiger partial charge in [-0.25, -0.2) is 9.97 Å². The summed E-state index contributed by atoms with van der Waals surface area (Å²) in [4.78, 5) is 26.6. The molecule has 190 valence electrons. The maximum Gasteiger partial charge on any atom is 0.419 e. The second-order valence-corrected chi connectivity index (χ2v) is 10.7. The number of piperidine rings is 1. The first-order valence-electron chi connectivity index (χ1n) is 12.6. The van der Waals surface area contributed by atoms with E-state index in [0.717, 1.165) is 44.7 Å². The Labute approximate surface area is 203 Å². The van der Waals surface area contributed by atoms with Crippen LogP contribution < -0.4 is 10.6 Å². The maximum atomic E-state index is 14.0. The van der Waals surface area contributed by atoms with Crippen LogP contribution in [-0.2, 0) is 12.6 Å². The quantitative estimate of drug-likeness (QED) is 0.575. The molecule has 2 aromatic rings. The average molecular weight is 491 g/mol. The SMILES string of the molecule is CC1(C)CCC(Nc2ncc(C(F)(F)F)c(-c3c[nH]c4c3CCCN(C3CCCC3)C4=O)n2)CN1. The van der Waals surface area contributed by atoms with Gasteiger partial charge in [0.25, 0.3) is 5.91 Å². The molecular weight excluding hydrogens is 457 g/mol. The summed E-state index contributed by atoms with van der Waals surface area (Å²) in [7, 11) is 0. The molecule has 2 aromatic heterocycles. The molecule has 0 aromatic carbocycles. The number of anilines is 1. The third-order valence-electron chi connectivity index (χ3n) is 7.68. The Balaban J connectivity index is 1.47. The summed E-state index contributed by atoms with van der Waals surface area (Å²) >= 11 is 0.